The predicted octanol–water partition coefficient (Wildman–Crippen LogP) is 0.280. The fourth-order valence-electron chi connectivity index (χ4n) is 1.94. The number of rotatable bonds is 2. The second kappa shape index (κ2) is 4.63. The molecule has 2 atom stereocenters. The van der Waals surface area contributed by atoms with Crippen LogP contribution in [0.3, 0.4) is 0 Å². The maximum Gasteiger partial charge on any atom is 0.244 e. The van der Waals surface area contributed by atoms with Crippen LogP contribution in [0, 0.1) is 0 Å². The standard InChI is InChI=1S/C12H16N2O2/c13-11(9-4-2-1-3-5-9)12(16)14-7-6-10(15)8-14/h1-5,10-11,15H,6-8,13H2/t10?,11-/m1/s1. The van der Waals surface area contributed by atoms with Crippen molar-refractivity contribution in [2.45, 2.75) is 18.6 Å². The highest BCUT2D eigenvalue weighted by Crippen LogP contribution is 2.17. The van der Waals surface area contributed by atoms with E-state index >= 15 is 0 Å². The van der Waals surface area contributed by atoms with Crippen molar-refractivity contribution in [3.8, 4) is 0 Å². The first-order valence-electron chi connectivity index (χ1n) is 5.46. The van der Waals surface area contributed by atoms with Crippen molar-refractivity contribution < 1.29 is 9.90 Å². The highest BCUT2D eigenvalue weighted by atomic mass is 16.3. The average molecular weight is 220 g/mol. The molecule has 0 spiro atoms. The van der Waals surface area contributed by atoms with Gasteiger partial charge < -0.3 is 15.7 Å². The number of carbonyl (C=O) groups excluding carboxylic acids is 1. The van der Waals surface area contributed by atoms with Gasteiger partial charge in [-0.2, -0.15) is 0 Å². The predicted molar refractivity (Wildman–Crippen MR) is 60.6 cm³/mol. The van der Waals surface area contributed by atoms with E-state index in [-0.39, 0.29) is 5.91 Å². The summed E-state index contributed by atoms with van der Waals surface area (Å²) >= 11 is 0. The Hall–Kier alpha value is -1.39. The van der Waals surface area contributed by atoms with Crippen molar-refractivity contribution in [3.63, 3.8) is 0 Å². The summed E-state index contributed by atoms with van der Waals surface area (Å²) in [6, 6.07) is 8.68. The molecule has 4 heteroatoms. The van der Waals surface area contributed by atoms with Crippen molar-refractivity contribution in [3.05, 3.63) is 35.9 Å². The Morgan fingerprint density at radius 3 is 2.69 bits per heavy atom. The van der Waals surface area contributed by atoms with Gasteiger partial charge in [-0.15, -0.1) is 0 Å². The summed E-state index contributed by atoms with van der Waals surface area (Å²) in [6.07, 6.45) is 0.250. The third-order valence-electron chi connectivity index (χ3n) is 2.90. The SMILES string of the molecule is N[C@@H](C(=O)N1CCC(O)C1)c1ccccc1. The molecule has 0 bridgehead atoms. The number of nitrogens with two attached hydrogens (primary N) is 1. The molecule has 16 heavy (non-hydrogen) atoms. The number of aliphatic hydroxyl groups is 1. The lowest BCUT2D eigenvalue weighted by atomic mass is 10.1. The molecule has 1 fully saturated rings. The molecular weight excluding hydrogens is 204 g/mol. The third kappa shape index (κ3) is 2.23. The van der Waals surface area contributed by atoms with Gasteiger partial charge in [-0.3, -0.25) is 4.79 Å². The minimum absolute atomic E-state index is 0.109. The molecule has 1 saturated heterocycles. The van der Waals surface area contributed by atoms with E-state index in [1.165, 1.54) is 0 Å². The van der Waals surface area contributed by atoms with E-state index in [2.05, 4.69) is 0 Å². The van der Waals surface area contributed by atoms with E-state index in [9.17, 15) is 9.90 Å². The van der Waals surface area contributed by atoms with Gasteiger partial charge >= 0.3 is 0 Å². The molecule has 0 radical (unpaired) electrons. The van der Waals surface area contributed by atoms with Crippen LogP contribution >= 0.6 is 0 Å². The van der Waals surface area contributed by atoms with Crippen LogP contribution in [-0.4, -0.2) is 35.1 Å². The summed E-state index contributed by atoms with van der Waals surface area (Å²) in [4.78, 5) is 13.6. The van der Waals surface area contributed by atoms with Crippen molar-refractivity contribution in [1.29, 1.82) is 0 Å². The lowest BCUT2D eigenvalue weighted by Gasteiger charge is -2.20. The molecule has 1 amide bonds. The summed E-state index contributed by atoms with van der Waals surface area (Å²) in [5.41, 5.74) is 6.70. The molecule has 86 valence electrons. The molecule has 1 heterocycles. The van der Waals surface area contributed by atoms with Crippen LogP contribution in [0.4, 0.5) is 0 Å². The van der Waals surface area contributed by atoms with Crippen LogP contribution < -0.4 is 5.73 Å². The maximum atomic E-state index is 12.0. The van der Waals surface area contributed by atoms with E-state index in [4.69, 9.17) is 5.73 Å². The van der Waals surface area contributed by atoms with Gasteiger partial charge in [-0.1, -0.05) is 30.3 Å². The average Bonchev–Trinajstić information content (AvgIpc) is 2.75. The zero-order valence-electron chi connectivity index (χ0n) is 9.04. The normalized spacial score (nSPS) is 22.1. The number of β-amino-alcohol motifs (C(OH)–C–C–N with tert-alkyl or cyclic N) is 1. The van der Waals surface area contributed by atoms with Gasteiger partial charge in [0.1, 0.15) is 6.04 Å². The van der Waals surface area contributed by atoms with Gasteiger partial charge in [0, 0.05) is 13.1 Å². The molecule has 2 rings (SSSR count). The summed E-state index contributed by atoms with van der Waals surface area (Å²) in [5, 5.41) is 9.37. The molecule has 0 aromatic heterocycles. The Kier molecular flexibility index (Phi) is 3.22. The van der Waals surface area contributed by atoms with Crippen LogP contribution in [0.1, 0.15) is 18.0 Å². The van der Waals surface area contributed by atoms with Crippen LogP contribution in [0.15, 0.2) is 30.3 Å². The lowest BCUT2D eigenvalue weighted by Crippen LogP contribution is -2.37. The third-order valence-corrected chi connectivity index (χ3v) is 2.90. The van der Waals surface area contributed by atoms with Gasteiger partial charge in [0.25, 0.3) is 0 Å². The van der Waals surface area contributed by atoms with E-state index < -0.39 is 12.1 Å². The molecule has 1 aliphatic rings. The Morgan fingerprint density at radius 2 is 2.12 bits per heavy atom. The van der Waals surface area contributed by atoms with Gasteiger partial charge in [0.15, 0.2) is 0 Å². The molecule has 1 aromatic rings. The van der Waals surface area contributed by atoms with Gasteiger partial charge in [0.05, 0.1) is 6.10 Å². The highest BCUT2D eigenvalue weighted by molar-refractivity contribution is 5.83. The summed E-state index contributed by atoms with van der Waals surface area (Å²) in [6.45, 7) is 1.000. The Balaban J connectivity index is 2.05. The minimum atomic E-state index is -0.619. The van der Waals surface area contributed by atoms with E-state index in [1.807, 2.05) is 30.3 Å². The molecule has 0 aliphatic carbocycles. The summed E-state index contributed by atoms with van der Waals surface area (Å²) < 4.78 is 0. The fourth-order valence-corrected chi connectivity index (χ4v) is 1.94. The van der Waals surface area contributed by atoms with E-state index in [1.54, 1.807) is 4.90 Å². The minimum Gasteiger partial charge on any atom is -0.391 e. The van der Waals surface area contributed by atoms with Crippen LogP contribution in [0.2, 0.25) is 0 Å². The first-order chi connectivity index (χ1) is 7.68. The molecule has 3 N–H and O–H groups in total. The Bertz CT molecular complexity index is 367. The van der Waals surface area contributed by atoms with E-state index in [0.29, 0.717) is 19.5 Å². The zero-order chi connectivity index (χ0) is 11.5. The second-order valence-corrected chi connectivity index (χ2v) is 4.12. The number of benzene rings is 1. The largest absolute Gasteiger partial charge is 0.391 e. The lowest BCUT2D eigenvalue weighted by molar-refractivity contribution is -0.132. The smallest absolute Gasteiger partial charge is 0.244 e. The number of likely N-dealkylation sites (tertiary alicyclic amines) is 1. The fraction of sp³-hybridized carbons (Fsp3) is 0.417. The number of nitrogens with zero attached hydrogens (tertiary/aromatic N) is 1. The number of aliphatic hydroxyl groups excluding tert-OH is 1. The quantitative estimate of drug-likeness (QED) is 0.752. The number of amides is 1. The van der Waals surface area contributed by atoms with Crippen molar-refractivity contribution in [2.75, 3.05) is 13.1 Å². The molecule has 0 saturated carbocycles. The number of hydrogen-bond donors (Lipinski definition) is 2. The Morgan fingerprint density at radius 1 is 1.44 bits per heavy atom. The van der Waals surface area contributed by atoms with Crippen molar-refractivity contribution in [2.24, 2.45) is 5.73 Å². The zero-order valence-corrected chi connectivity index (χ0v) is 9.04. The molecule has 4 nitrogen and oxygen atoms in total. The number of carbonyl (C=O) groups is 1. The highest BCUT2D eigenvalue weighted by Gasteiger charge is 2.28. The molecular formula is C12H16N2O2. The maximum absolute atomic E-state index is 12.0. The van der Waals surface area contributed by atoms with Crippen LogP contribution in [0.5, 0.6) is 0 Å². The Labute approximate surface area is 94.7 Å². The summed E-state index contributed by atoms with van der Waals surface area (Å²) in [7, 11) is 0. The summed E-state index contributed by atoms with van der Waals surface area (Å²) in [5.74, 6) is -0.109. The molecule has 1 unspecified atom stereocenters. The van der Waals surface area contributed by atoms with Crippen LogP contribution in [-0.2, 0) is 4.79 Å². The van der Waals surface area contributed by atoms with E-state index in [0.717, 1.165) is 5.56 Å². The molecule has 1 aliphatic heterocycles. The van der Waals surface area contributed by atoms with Crippen LogP contribution in [0.25, 0.3) is 0 Å². The van der Waals surface area contributed by atoms with Crippen molar-refractivity contribution >= 4 is 5.91 Å². The van der Waals surface area contributed by atoms with Crippen molar-refractivity contribution in [1.82, 2.24) is 4.90 Å². The second-order valence-electron chi connectivity index (χ2n) is 4.12. The van der Waals surface area contributed by atoms with Gasteiger partial charge in [0.2, 0.25) is 5.91 Å². The molecule has 1 aromatic carbocycles. The van der Waals surface area contributed by atoms with Gasteiger partial charge in [-0.05, 0) is 12.0 Å². The topological polar surface area (TPSA) is 66.6 Å². The van der Waals surface area contributed by atoms with Gasteiger partial charge in [-0.25, -0.2) is 0 Å². The monoisotopic (exact) mass is 220 g/mol. The first-order valence-corrected chi connectivity index (χ1v) is 5.46. The first kappa shape index (κ1) is 11.1. The number of hydrogen-bond acceptors (Lipinski definition) is 3.